The fourth-order valence-corrected chi connectivity index (χ4v) is 2.64. The van der Waals surface area contributed by atoms with E-state index in [9.17, 15) is 13.2 Å². The summed E-state index contributed by atoms with van der Waals surface area (Å²) in [7, 11) is -3.79. The number of rotatable bonds is 5. The summed E-state index contributed by atoms with van der Waals surface area (Å²) in [6, 6.07) is 5.34. The lowest BCUT2D eigenvalue weighted by Crippen LogP contribution is -2.38. The fraction of sp³-hybridized carbons (Fsp3) is 0.417. The smallest absolute Gasteiger partial charge is 0.321 e. The SMILES string of the molecule is CC(NS(=O)(=O)c1cccc(C(C)C)c1)C(=O)O. The van der Waals surface area contributed by atoms with Gasteiger partial charge in [0.2, 0.25) is 10.0 Å². The molecule has 1 aromatic carbocycles. The van der Waals surface area contributed by atoms with Gasteiger partial charge >= 0.3 is 5.97 Å². The van der Waals surface area contributed by atoms with Crippen molar-refractivity contribution in [1.82, 2.24) is 4.72 Å². The third-order valence-electron chi connectivity index (χ3n) is 2.54. The molecule has 6 heteroatoms. The molecule has 0 aliphatic carbocycles. The average Bonchev–Trinajstić information content (AvgIpc) is 2.28. The zero-order valence-corrected chi connectivity index (χ0v) is 11.4. The minimum Gasteiger partial charge on any atom is -0.480 e. The van der Waals surface area contributed by atoms with Gasteiger partial charge in [-0.25, -0.2) is 8.42 Å². The van der Waals surface area contributed by atoms with Gasteiger partial charge in [0.25, 0.3) is 0 Å². The van der Waals surface area contributed by atoms with Crippen LogP contribution in [0.1, 0.15) is 32.3 Å². The third kappa shape index (κ3) is 3.54. The fourth-order valence-electron chi connectivity index (χ4n) is 1.39. The Bertz CT molecular complexity index is 537. The van der Waals surface area contributed by atoms with Crippen LogP contribution in [0, 0.1) is 0 Å². The average molecular weight is 271 g/mol. The molecule has 0 saturated heterocycles. The second kappa shape index (κ2) is 5.49. The quantitative estimate of drug-likeness (QED) is 0.851. The summed E-state index contributed by atoms with van der Waals surface area (Å²) in [5, 5.41) is 8.71. The number of hydrogen-bond acceptors (Lipinski definition) is 3. The van der Waals surface area contributed by atoms with Crippen LogP contribution in [0.2, 0.25) is 0 Å². The normalized spacial score (nSPS) is 13.6. The van der Waals surface area contributed by atoms with E-state index in [-0.39, 0.29) is 10.8 Å². The topological polar surface area (TPSA) is 83.5 Å². The Hall–Kier alpha value is -1.40. The Kier molecular flexibility index (Phi) is 4.48. The molecule has 5 nitrogen and oxygen atoms in total. The van der Waals surface area contributed by atoms with Crippen LogP contribution in [0.3, 0.4) is 0 Å². The summed E-state index contributed by atoms with van der Waals surface area (Å²) in [5.74, 6) is -1.00. The summed E-state index contributed by atoms with van der Waals surface area (Å²) < 4.78 is 26.0. The minimum absolute atomic E-state index is 0.0850. The molecule has 0 spiro atoms. The van der Waals surface area contributed by atoms with Crippen molar-refractivity contribution in [3.8, 4) is 0 Å². The van der Waals surface area contributed by atoms with E-state index in [0.29, 0.717) is 0 Å². The standard InChI is InChI=1S/C12H17NO4S/c1-8(2)10-5-4-6-11(7-10)18(16,17)13-9(3)12(14)15/h4-9,13H,1-3H3,(H,14,15). The van der Waals surface area contributed by atoms with Crippen molar-refractivity contribution in [3.63, 3.8) is 0 Å². The van der Waals surface area contributed by atoms with E-state index in [4.69, 9.17) is 5.11 Å². The number of carboxylic acids is 1. The summed E-state index contributed by atoms with van der Waals surface area (Å²) in [6.45, 7) is 5.20. The first-order valence-electron chi connectivity index (χ1n) is 5.59. The Balaban J connectivity index is 3.05. The van der Waals surface area contributed by atoms with Crippen molar-refractivity contribution in [2.45, 2.75) is 37.6 Å². The highest BCUT2D eigenvalue weighted by Crippen LogP contribution is 2.18. The van der Waals surface area contributed by atoms with Gasteiger partial charge in [-0.3, -0.25) is 4.79 Å². The molecule has 0 saturated carbocycles. The maximum absolute atomic E-state index is 11.9. The molecule has 0 aliphatic heterocycles. The molecule has 0 fully saturated rings. The van der Waals surface area contributed by atoms with Crippen molar-refractivity contribution in [1.29, 1.82) is 0 Å². The summed E-state index contributed by atoms with van der Waals surface area (Å²) >= 11 is 0. The second-order valence-electron chi connectivity index (χ2n) is 4.41. The molecule has 1 aromatic rings. The van der Waals surface area contributed by atoms with Crippen molar-refractivity contribution >= 4 is 16.0 Å². The molecule has 18 heavy (non-hydrogen) atoms. The van der Waals surface area contributed by atoms with E-state index in [1.165, 1.54) is 13.0 Å². The first-order chi connectivity index (χ1) is 8.24. The van der Waals surface area contributed by atoms with Gasteiger partial charge in [0, 0.05) is 0 Å². The van der Waals surface area contributed by atoms with E-state index in [1.54, 1.807) is 12.1 Å². The molecular weight excluding hydrogens is 254 g/mol. The van der Waals surface area contributed by atoms with Crippen molar-refractivity contribution in [2.75, 3.05) is 0 Å². The highest BCUT2D eigenvalue weighted by atomic mass is 32.2. The van der Waals surface area contributed by atoms with E-state index < -0.39 is 22.0 Å². The van der Waals surface area contributed by atoms with Crippen LogP contribution in [-0.2, 0) is 14.8 Å². The van der Waals surface area contributed by atoms with Crippen LogP contribution in [0.5, 0.6) is 0 Å². The number of benzene rings is 1. The molecule has 0 aliphatic rings. The van der Waals surface area contributed by atoms with Gasteiger partial charge in [-0.1, -0.05) is 26.0 Å². The Morgan fingerprint density at radius 1 is 1.28 bits per heavy atom. The molecule has 0 amide bonds. The predicted octanol–water partition coefficient (Wildman–Crippen LogP) is 1.56. The molecule has 0 radical (unpaired) electrons. The number of nitrogens with one attached hydrogen (secondary N) is 1. The van der Waals surface area contributed by atoms with Crippen LogP contribution >= 0.6 is 0 Å². The van der Waals surface area contributed by atoms with E-state index in [0.717, 1.165) is 5.56 Å². The zero-order valence-electron chi connectivity index (χ0n) is 10.5. The molecule has 2 N–H and O–H groups in total. The highest BCUT2D eigenvalue weighted by molar-refractivity contribution is 7.89. The molecule has 0 aromatic heterocycles. The Morgan fingerprint density at radius 2 is 1.89 bits per heavy atom. The van der Waals surface area contributed by atoms with Gasteiger partial charge < -0.3 is 5.11 Å². The first-order valence-corrected chi connectivity index (χ1v) is 7.07. The number of hydrogen-bond donors (Lipinski definition) is 2. The minimum atomic E-state index is -3.79. The molecule has 100 valence electrons. The van der Waals surface area contributed by atoms with Crippen molar-refractivity contribution < 1.29 is 18.3 Å². The molecule has 1 unspecified atom stereocenters. The van der Waals surface area contributed by atoms with Gasteiger partial charge in [-0.15, -0.1) is 0 Å². The Labute approximate surface area is 107 Å². The van der Waals surface area contributed by atoms with Crippen LogP contribution in [-0.4, -0.2) is 25.5 Å². The molecule has 0 heterocycles. The van der Waals surface area contributed by atoms with Crippen LogP contribution < -0.4 is 4.72 Å². The van der Waals surface area contributed by atoms with Gasteiger partial charge in [0.1, 0.15) is 6.04 Å². The summed E-state index contributed by atoms with van der Waals surface area (Å²) in [6.07, 6.45) is 0. The van der Waals surface area contributed by atoms with Crippen molar-refractivity contribution in [2.24, 2.45) is 0 Å². The van der Waals surface area contributed by atoms with Crippen LogP contribution in [0.4, 0.5) is 0 Å². The number of carboxylic acid groups (broad SMARTS) is 1. The maximum atomic E-state index is 11.9. The van der Waals surface area contributed by atoms with Gasteiger partial charge in [0.05, 0.1) is 4.90 Å². The lowest BCUT2D eigenvalue weighted by molar-refractivity contribution is -0.138. The first kappa shape index (κ1) is 14.7. The number of sulfonamides is 1. The lowest BCUT2D eigenvalue weighted by atomic mass is 10.0. The van der Waals surface area contributed by atoms with Gasteiger partial charge in [0.15, 0.2) is 0 Å². The third-order valence-corrected chi connectivity index (χ3v) is 4.08. The van der Waals surface area contributed by atoms with Crippen molar-refractivity contribution in [3.05, 3.63) is 29.8 Å². The number of aliphatic carboxylic acids is 1. The Morgan fingerprint density at radius 3 is 2.39 bits per heavy atom. The largest absolute Gasteiger partial charge is 0.480 e. The molecule has 1 rings (SSSR count). The van der Waals surface area contributed by atoms with Crippen LogP contribution in [0.25, 0.3) is 0 Å². The zero-order chi connectivity index (χ0) is 13.9. The van der Waals surface area contributed by atoms with Gasteiger partial charge in [-0.2, -0.15) is 4.72 Å². The second-order valence-corrected chi connectivity index (χ2v) is 6.12. The van der Waals surface area contributed by atoms with Gasteiger partial charge in [-0.05, 0) is 30.5 Å². The molecule has 0 bridgehead atoms. The monoisotopic (exact) mass is 271 g/mol. The number of carbonyl (C=O) groups is 1. The van der Waals surface area contributed by atoms with E-state index in [2.05, 4.69) is 4.72 Å². The maximum Gasteiger partial charge on any atom is 0.321 e. The summed E-state index contributed by atoms with van der Waals surface area (Å²) in [4.78, 5) is 10.7. The molecular formula is C12H17NO4S. The predicted molar refractivity (Wildman–Crippen MR) is 68.0 cm³/mol. The molecule has 1 atom stereocenters. The van der Waals surface area contributed by atoms with E-state index >= 15 is 0 Å². The highest BCUT2D eigenvalue weighted by Gasteiger charge is 2.21. The van der Waals surface area contributed by atoms with E-state index in [1.807, 2.05) is 19.9 Å². The summed E-state index contributed by atoms with van der Waals surface area (Å²) in [5.41, 5.74) is 0.890. The lowest BCUT2D eigenvalue weighted by Gasteiger charge is -2.12. The van der Waals surface area contributed by atoms with Crippen LogP contribution in [0.15, 0.2) is 29.2 Å².